The van der Waals surface area contributed by atoms with Gasteiger partial charge in [0.15, 0.2) is 0 Å². The molecule has 0 aliphatic carbocycles. The molecule has 3 heteroatoms. The van der Waals surface area contributed by atoms with Crippen LogP contribution in [0.15, 0.2) is 24.3 Å². The Labute approximate surface area is 118 Å². The number of aryl methyl sites for hydroxylation is 1. The van der Waals surface area contributed by atoms with Crippen LogP contribution in [0.3, 0.4) is 0 Å². The summed E-state index contributed by atoms with van der Waals surface area (Å²) in [4.78, 5) is 0. The summed E-state index contributed by atoms with van der Waals surface area (Å²) in [6.45, 7) is 3.69. The first-order valence-electron chi connectivity index (χ1n) is 6.65. The van der Waals surface area contributed by atoms with Gasteiger partial charge in [-0.2, -0.15) is 0 Å². The molecule has 2 unspecified atom stereocenters. The zero-order valence-corrected chi connectivity index (χ0v) is 12.5. The minimum Gasteiger partial charge on any atom is -0.376 e. The third-order valence-electron chi connectivity index (χ3n) is 3.35. The lowest BCUT2D eigenvalue weighted by molar-refractivity contribution is -0.0585. The van der Waals surface area contributed by atoms with Crippen molar-refractivity contribution >= 4 is 15.9 Å². The third-order valence-corrected chi connectivity index (χ3v) is 3.93. The van der Waals surface area contributed by atoms with Crippen LogP contribution in [0.2, 0.25) is 0 Å². The molecule has 0 bridgehead atoms. The zero-order valence-electron chi connectivity index (χ0n) is 10.9. The van der Waals surface area contributed by atoms with Crippen molar-refractivity contribution in [3.05, 3.63) is 35.4 Å². The second kappa shape index (κ2) is 7.27. The Hall–Kier alpha value is -0.380. The Morgan fingerprint density at radius 1 is 1.33 bits per heavy atom. The number of hydrogen-bond acceptors (Lipinski definition) is 2. The molecule has 0 amide bonds. The Morgan fingerprint density at radius 2 is 2.11 bits per heavy atom. The molecule has 1 aromatic carbocycles. The summed E-state index contributed by atoms with van der Waals surface area (Å²) in [6, 6.07) is 8.54. The fraction of sp³-hybridized carbons (Fsp3) is 0.600. The number of alkyl halides is 1. The van der Waals surface area contributed by atoms with Gasteiger partial charge in [-0.1, -0.05) is 45.8 Å². The van der Waals surface area contributed by atoms with Crippen LogP contribution < -0.4 is 0 Å². The molecule has 1 aliphatic heterocycles. The summed E-state index contributed by atoms with van der Waals surface area (Å²) in [7, 11) is 0. The maximum Gasteiger partial charge on any atom is 0.0922 e. The topological polar surface area (TPSA) is 18.5 Å². The van der Waals surface area contributed by atoms with Gasteiger partial charge in [0.05, 0.1) is 18.8 Å². The molecule has 1 aromatic rings. The standard InChI is InChI=1S/C15H21BrO2/c1-12-5-7-13(8-6-12)15(10-16)18-11-14-4-2-3-9-17-14/h5-8,14-15H,2-4,9-11H2,1H3. The highest BCUT2D eigenvalue weighted by atomic mass is 79.9. The van der Waals surface area contributed by atoms with Gasteiger partial charge in [-0.05, 0) is 31.7 Å². The van der Waals surface area contributed by atoms with Gasteiger partial charge in [0, 0.05) is 11.9 Å². The van der Waals surface area contributed by atoms with Crippen LogP contribution in [0, 0.1) is 6.92 Å². The van der Waals surface area contributed by atoms with Crippen LogP contribution in [0.25, 0.3) is 0 Å². The zero-order chi connectivity index (χ0) is 12.8. The van der Waals surface area contributed by atoms with Crippen molar-refractivity contribution in [3.63, 3.8) is 0 Å². The molecule has 0 spiro atoms. The van der Waals surface area contributed by atoms with Crippen molar-refractivity contribution in [2.75, 3.05) is 18.5 Å². The van der Waals surface area contributed by atoms with E-state index in [1.54, 1.807) is 0 Å². The fourth-order valence-corrected chi connectivity index (χ4v) is 2.73. The second-order valence-corrected chi connectivity index (χ2v) is 5.52. The van der Waals surface area contributed by atoms with Gasteiger partial charge in [-0.25, -0.2) is 0 Å². The van der Waals surface area contributed by atoms with Crippen LogP contribution in [0.1, 0.15) is 36.5 Å². The average molecular weight is 313 g/mol. The summed E-state index contributed by atoms with van der Waals surface area (Å²) in [6.07, 6.45) is 3.98. The Morgan fingerprint density at radius 3 is 2.72 bits per heavy atom. The molecular weight excluding hydrogens is 292 g/mol. The van der Waals surface area contributed by atoms with E-state index in [0.29, 0.717) is 6.61 Å². The SMILES string of the molecule is Cc1ccc(C(CBr)OCC2CCCCO2)cc1. The number of halogens is 1. The summed E-state index contributed by atoms with van der Waals surface area (Å²) >= 11 is 3.53. The van der Waals surface area contributed by atoms with Crippen molar-refractivity contribution < 1.29 is 9.47 Å². The average Bonchev–Trinajstić information content (AvgIpc) is 2.42. The summed E-state index contributed by atoms with van der Waals surface area (Å²) in [5, 5.41) is 0.822. The van der Waals surface area contributed by atoms with E-state index in [4.69, 9.17) is 9.47 Å². The molecule has 0 radical (unpaired) electrons. The Balaban J connectivity index is 1.86. The minimum absolute atomic E-state index is 0.121. The predicted octanol–water partition coefficient (Wildman–Crippen LogP) is 4.02. The number of hydrogen-bond donors (Lipinski definition) is 0. The number of benzene rings is 1. The van der Waals surface area contributed by atoms with Crippen LogP contribution in [0.5, 0.6) is 0 Å². The predicted molar refractivity (Wildman–Crippen MR) is 77.3 cm³/mol. The number of ether oxygens (including phenoxy) is 2. The van der Waals surface area contributed by atoms with E-state index in [1.165, 1.54) is 24.0 Å². The molecule has 0 saturated carbocycles. The molecule has 1 fully saturated rings. The molecule has 100 valence electrons. The van der Waals surface area contributed by atoms with Gasteiger partial charge in [0.2, 0.25) is 0 Å². The molecule has 1 aliphatic rings. The van der Waals surface area contributed by atoms with Gasteiger partial charge >= 0.3 is 0 Å². The Bertz CT molecular complexity index is 344. The maximum atomic E-state index is 5.98. The van der Waals surface area contributed by atoms with Crippen LogP contribution >= 0.6 is 15.9 Å². The van der Waals surface area contributed by atoms with Crippen LogP contribution in [-0.4, -0.2) is 24.6 Å². The largest absolute Gasteiger partial charge is 0.376 e. The van der Waals surface area contributed by atoms with Crippen molar-refractivity contribution in [3.8, 4) is 0 Å². The van der Waals surface area contributed by atoms with E-state index < -0.39 is 0 Å². The molecule has 1 heterocycles. The fourth-order valence-electron chi connectivity index (χ4n) is 2.17. The molecule has 1 saturated heterocycles. The Kier molecular flexibility index (Phi) is 5.67. The summed E-state index contributed by atoms with van der Waals surface area (Å²) < 4.78 is 11.7. The van der Waals surface area contributed by atoms with E-state index in [-0.39, 0.29) is 12.2 Å². The van der Waals surface area contributed by atoms with E-state index in [1.807, 2.05) is 0 Å². The monoisotopic (exact) mass is 312 g/mol. The van der Waals surface area contributed by atoms with Gasteiger partial charge < -0.3 is 9.47 Å². The van der Waals surface area contributed by atoms with E-state index in [0.717, 1.165) is 18.4 Å². The minimum atomic E-state index is 0.121. The highest BCUT2D eigenvalue weighted by Gasteiger charge is 2.17. The van der Waals surface area contributed by atoms with Crippen molar-refractivity contribution in [2.24, 2.45) is 0 Å². The normalized spacial score (nSPS) is 21.8. The van der Waals surface area contributed by atoms with Crippen molar-refractivity contribution in [2.45, 2.75) is 38.4 Å². The van der Waals surface area contributed by atoms with E-state index >= 15 is 0 Å². The van der Waals surface area contributed by atoms with E-state index in [9.17, 15) is 0 Å². The summed E-state index contributed by atoms with van der Waals surface area (Å²) in [5.41, 5.74) is 2.51. The van der Waals surface area contributed by atoms with E-state index in [2.05, 4.69) is 47.1 Å². The lowest BCUT2D eigenvalue weighted by atomic mass is 10.1. The molecule has 18 heavy (non-hydrogen) atoms. The lowest BCUT2D eigenvalue weighted by Gasteiger charge is -2.25. The quantitative estimate of drug-likeness (QED) is 0.765. The lowest BCUT2D eigenvalue weighted by Crippen LogP contribution is -2.25. The van der Waals surface area contributed by atoms with Gasteiger partial charge in [-0.15, -0.1) is 0 Å². The first-order valence-corrected chi connectivity index (χ1v) is 7.77. The maximum absolute atomic E-state index is 5.98. The molecule has 2 atom stereocenters. The molecule has 2 rings (SSSR count). The van der Waals surface area contributed by atoms with Crippen LogP contribution in [0.4, 0.5) is 0 Å². The smallest absolute Gasteiger partial charge is 0.0922 e. The molecule has 0 aromatic heterocycles. The second-order valence-electron chi connectivity index (χ2n) is 4.88. The highest BCUT2D eigenvalue weighted by Crippen LogP contribution is 2.22. The number of rotatable bonds is 5. The molecule has 2 nitrogen and oxygen atoms in total. The summed E-state index contributed by atoms with van der Waals surface area (Å²) in [5.74, 6) is 0. The highest BCUT2D eigenvalue weighted by molar-refractivity contribution is 9.09. The molecular formula is C15H21BrO2. The first kappa shape index (κ1) is 14.0. The molecule has 0 N–H and O–H groups in total. The van der Waals surface area contributed by atoms with Crippen molar-refractivity contribution in [1.29, 1.82) is 0 Å². The third kappa shape index (κ3) is 4.08. The van der Waals surface area contributed by atoms with Gasteiger partial charge in [0.1, 0.15) is 0 Å². The van der Waals surface area contributed by atoms with Crippen molar-refractivity contribution in [1.82, 2.24) is 0 Å². The van der Waals surface area contributed by atoms with Crippen LogP contribution in [-0.2, 0) is 9.47 Å². The van der Waals surface area contributed by atoms with Gasteiger partial charge in [-0.3, -0.25) is 0 Å². The van der Waals surface area contributed by atoms with Gasteiger partial charge in [0.25, 0.3) is 0 Å². The first-order chi connectivity index (χ1) is 8.79.